The van der Waals surface area contributed by atoms with Gasteiger partial charge in [0, 0.05) is 12.7 Å². The lowest BCUT2D eigenvalue weighted by molar-refractivity contribution is -0.178. The maximum absolute atomic E-state index is 5.33. The van der Waals surface area contributed by atoms with Crippen molar-refractivity contribution >= 4 is 12.0 Å². The molecule has 1 aliphatic heterocycles. The second-order valence-electron chi connectivity index (χ2n) is 2.93. The number of para-hydroxylation sites is 1. The summed E-state index contributed by atoms with van der Waals surface area (Å²) in [7, 11) is 3.23. The van der Waals surface area contributed by atoms with E-state index in [0.717, 1.165) is 11.3 Å². The summed E-state index contributed by atoms with van der Waals surface area (Å²) in [5, 5.41) is 1.57. The quantitative estimate of drug-likeness (QED) is 0.717. The van der Waals surface area contributed by atoms with Gasteiger partial charge in [-0.2, -0.15) is 0 Å². The van der Waals surface area contributed by atoms with E-state index in [1.54, 1.807) is 25.6 Å². The number of methoxy groups -OCH3 is 1. The first kappa shape index (κ1) is 9.18. The van der Waals surface area contributed by atoms with Crippen LogP contribution in [0.25, 0.3) is 0 Å². The maximum Gasteiger partial charge on any atom is 0.182 e. The summed E-state index contributed by atoms with van der Waals surface area (Å²) in [6.07, 6.45) is 1.41. The van der Waals surface area contributed by atoms with Crippen LogP contribution in [-0.4, -0.2) is 25.6 Å². The van der Waals surface area contributed by atoms with Gasteiger partial charge in [-0.3, -0.25) is 4.84 Å². The van der Waals surface area contributed by atoms with Crippen LogP contribution in [0.15, 0.2) is 29.3 Å². The molecule has 1 aromatic carbocycles. The van der Waals surface area contributed by atoms with Crippen LogP contribution in [0.3, 0.4) is 0 Å². The summed E-state index contributed by atoms with van der Waals surface area (Å²) in [5.41, 5.74) is 1.94. The third-order valence-electron chi connectivity index (χ3n) is 2.18. The summed E-state index contributed by atoms with van der Waals surface area (Å²) >= 11 is 0. The molecule has 0 fully saturated rings. The Balaban J connectivity index is 2.42. The second kappa shape index (κ2) is 3.77. The van der Waals surface area contributed by atoms with Gasteiger partial charge in [0.2, 0.25) is 0 Å². The highest BCUT2D eigenvalue weighted by Crippen LogP contribution is 2.32. The number of hydroxylamine groups is 2. The van der Waals surface area contributed by atoms with Crippen molar-refractivity contribution in [2.75, 3.05) is 14.2 Å². The van der Waals surface area contributed by atoms with Crippen LogP contribution in [0.2, 0.25) is 0 Å². The van der Waals surface area contributed by atoms with Crippen molar-refractivity contribution in [2.45, 2.75) is 6.23 Å². The smallest absolute Gasteiger partial charge is 0.182 e. The largest absolute Gasteiger partial charge is 0.355 e. The van der Waals surface area contributed by atoms with Crippen LogP contribution in [0.1, 0.15) is 11.8 Å². The minimum atomic E-state index is -0.214. The number of nitrogens with zero attached hydrogens (tertiary/aromatic N) is 2. The van der Waals surface area contributed by atoms with E-state index in [0.29, 0.717) is 0 Å². The van der Waals surface area contributed by atoms with E-state index in [4.69, 9.17) is 9.57 Å². The Morgan fingerprint density at radius 2 is 2.07 bits per heavy atom. The Morgan fingerprint density at radius 1 is 1.29 bits per heavy atom. The van der Waals surface area contributed by atoms with Crippen LogP contribution in [0.4, 0.5) is 5.69 Å². The molecule has 0 spiro atoms. The first-order chi connectivity index (χ1) is 6.86. The van der Waals surface area contributed by atoms with Crippen molar-refractivity contribution in [1.82, 2.24) is 5.06 Å². The highest BCUT2D eigenvalue weighted by atomic mass is 16.7. The van der Waals surface area contributed by atoms with Crippen LogP contribution >= 0.6 is 0 Å². The van der Waals surface area contributed by atoms with E-state index >= 15 is 0 Å². The number of rotatable bonds is 2. The number of fused-ring (bicyclic) bond motifs is 1. The van der Waals surface area contributed by atoms with Crippen LogP contribution in [0, 0.1) is 0 Å². The topological polar surface area (TPSA) is 34.1 Å². The number of ether oxygens (including phenoxy) is 1. The van der Waals surface area contributed by atoms with Gasteiger partial charge in [-0.25, -0.2) is 10.1 Å². The molecule has 2 rings (SSSR count). The van der Waals surface area contributed by atoms with Gasteiger partial charge in [0.05, 0.1) is 12.8 Å². The lowest BCUT2D eigenvalue weighted by atomic mass is 10.1. The van der Waals surface area contributed by atoms with E-state index in [9.17, 15) is 0 Å². The van der Waals surface area contributed by atoms with E-state index in [1.807, 2.05) is 24.3 Å². The molecule has 0 saturated carbocycles. The van der Waals surface area contributed by atoms with Crippen molar-refractivity contribution < 1.29 is 9.57 Å². The zero-order chi connectivity index (χ0) is 9.97. The Labute approximate surface area is 82.7 Å². The summed E-state index contributed by atoms with van der Waals surface area (Å²) in [6.45, 7) is 0. The third-order valence-corrected chi connectivity index (χ3v) is 2.18. The summed E-state index contributed by atoms with van der Waals surface area (Å²) in [5.74, 6) is 0. The Morgan fingerprint density at radius 3 is 2.79 bits per heavy atom. The highest BCUT2D eigenvalue weighted by molar-refractivity contribution is 5.66. The molecule has 0 radical (unpaired) electrons. The molecule has 4 heteroatoms. The van der Waals surface area contributed by atoms with Crippen LogP contribution in [-0.2, 0) is 9.57 Å². The van der Waals surface area contributed by atoms with Crippen LogP contribution in [0.5, 0.6) is 0 Å². The van der Waals surface area contributed by atoms with Crippen molar-refractivity contribution in [2.24, 2.45) is 4.99 Å². The van der Waals surface area contributed by atoms with Gasteiger partial charge in [-0.05, 0) is 6.07 Å². The summed E-state index contributed by atoms with van der Waals surface area (Å²) in [6, 6.07) is 7.84. The van der Waals surface area contributed by atoms with Crippen molar-refractivity contribution in [3.63, 3.8) is 0 Å². The molecule has 0 amide bonds. The SMILES string of the molecule is COC1c2ccccc2N=CN1OC. The predicted octanol–water partition coefficient (Wildman–Crippen LogP) is 1.87. The predicted molar refractivity (Wildman–Crippen MR) is 53.2 cm³/mol. The van der Waals surface area contributed by atoms with Crippen molar-refractivity contribution in [3.8, 4) is 0 Å². The van der Waals surface area contributed by atoms with Crippen molar-refractivity contribution in [1.29, 1.82) is 0 Å². The lowest BCUT2D eigenvalue weighted by Crippen LogP contribution is -2.29. The average molecular weight is 192 g/mol. The zero-order valence-corrected chi connectivity index (χ0v) is 8.18. The van der Waals surface area contributed by atoms with E-state index in [1.165, 1.54) is 0 Å². The fraction of sp³-hybridized carbons (Fsp3) is 0.300. The summed E-state index contributed by atoms with van der Waals surface area (Å²) in [4.78, 5) is 9.35. The van der Waals surface area contributed by atoms with Gasteiger partial charge >= 0.3 is 0 Å². The Kier molecular flexibility index (Phi) is 2.47. The van der Waals surface area contributed by atoms with Crippen LogP contribution < -0.4 is 0 Å². The minimum absolute atomic E-state index is 0.214. The Hall–Kier alpha value is -1.39. The molecule has 1 aliphatic rings. The maximum atomic E-state index is 5.33. The third kappa shape index (κ3) is 1.38. The molecule has 0 aliphatic carbocycles. The molecule has 0 saturated heterocycles. The Bertz CT molecular complexity index is 352. The molecular weight excluding hydrogens is 180 g/mol. The minimum Gasteiger partial charge on any atom is -0.355 e. The molecule has 4 nitrogen and oxygen atoms in total. The van der Waals surface area contributed by atoms with Gasteiger partial charge in [0.1, 0.15) is 6.34 Å². The van der Waals surface area contributed by atoms with E-state index in [2.05, 4.69) is 4.99 Å². The second-order valence-corrected chi connectivity index (χ2v) is 2.93. The molecular formula is C10H12N2O2. The van der Waals surface area contributed by atoms with Gasteiger partial charge in [0.15, 0.2) is 6.23 Å². The number of benzene rings is 1. The number of hydrogen-bond donors (Lipinski definition) is 0. The molecule has 1 unspecified atom stereocenters. The van der Waals surface area contributed by atoms with Crippen molar-refractivity contribution in [3.05, 3.63) is 29.8 Å². The lowest BCUT2D eigenvalue weighted by Gasteiger charge is -2.29. The molecule has 1 aromatic rings. The van der Waals surface area contributed by atoms with Gasteiger partial charge in [-0.1, -0.05) is 18.2 Å². The van der Waals surface area contributed by atoms with Gasteiger partial charge < -0.3 is 4.74 Å². The first-order valence-corrected chi connectivity index (χ1v) is 4.35. The van der Waals surface area contributed by atoms with E-state index < -0.39 is 0 Å². The standard InChI is InChI=1S/C10H12N2O2/c1-13-10-8-5-3-4-6-9(8)11-7-12(10)14-2/h3-7,10H,1-2H3. The monoisotopic (exact) mass is 192 g/mol. The molecule has 0 N–H and O–H groups in total. The van der Waals surface area contributed by atoms with Gasteiger partial charge in [-0.15, -0.1) is 0 Å². The summed E-state index contributed by atoms with van der Waals surface area (Å²) < 4.78 is 5.33. The average Bonchev–Trinajstić information content (AvgIpc) is 2.27. The van der Waals surface area contributed by atoms with E-state index in [-0.39, 0.29) is 6.23 Å². The highest BCUT2D eigenvalue weighted by Gasteiger charge is 2.23. The molecule has 0 bridgehead atoms. The molecule has 0 aromatic heterocycles. The normalized spacial score (nSPS) is 19.6. The van der Waals surface area contributed by atoms with Gasteiger partial charge in [0.25, 0.3) is 0 Å². The zero-order valence-electron chi connectivity index (χ0n) is 8.18. The fourth-order valence-corrected chi connectivity index (χ4v) is 1.50. The first-order valence-electron chi connectivity index (χ1n) is 4.35. The fourth-order valence-electron chi connectivity index (χ4n) is 1.50. The molecule has 1 heterocycles. The molecule has 14 heavy (non-hydrogen) atoms. The number of hydrogen-bond acceptors (Lipinski definition) is 4. The molecule has 1 atom stereocenters. The number of aliphatic imine (C=N–C) groups is 1. The molecule has 74 valence electrons.